The Hall–Kier alpha value is -2.22. The van der Waals surface area contributed by atoms with Crippen molar-refractivity contribution >= 4 is 11.6 Å². The lowest BCUT2D eigenvalue weighted by Gasteiger charge is -2.19. The molecule has 0 bridgehead atoms. The molecule has 0 saturated heterocycles. The van der Waals surface area contributed by atoms with Crippen molar-refractivity contribution in [1.82, 2.24) is 4.90 Å². The molecule has 0 aliphatic heterocycles. The second-order valence-electron chi connectivity index (χ2n) is 4.05. The molecule has 5 heteroatoms. The van der Waals surface area contributed by atoms with E-state index < -0.39 is 0 Å². The topological polar surface area (TPSA) is 79.3 Å². The summed E-state index contributed by atoms with van der Waals surface area (Å²) in [5.41, 5.74) is 6.24. The van der Waals surface area contributed by atoms with Crippen molar-refractivity contribution in [3.05, 3.63) is 24.3 Å². The van der Waals surface area contributed by atoms with Crippen LogP contribution in [0, 0.1) is 11.3 Å². The Bertz CT molecular complexity index is 437. The Labute approximate surface area is 113 Å². The normalized spacial score (nSPS) is 9.68. The number of carbonyl (C=O) groups is 1. The van der Waals surface area contributed by atoms with Gasteiger partial charge in [0.2, 0.25) is 5.91 Å². The summed E-state index contributed by atoms with van der Waals surface area (Å²) in [6.07, 6.45) is 0.669. The molecule has 1 amide bonds. The van der Waals surface area contributed by atoms with Crippen LogP contribution in [0.4, 0.5) is 5.69 Å². The van der Waals surface area contributed by atoms with Gasteiger partial charge in [-0.2, -0.15) is 5.26 Å². The van der Waals surface area contributed by atoms with Gasteiger partial charge in [0.25, 0.3) is 0 Å². The number of hydrogen-bond acceptors (Lipinski definition) is 4. The van der Waals surface area contributed by atoms with E-state index >= 15 is 0 Å². The number of nitriles is 1. The second kappa shape index (κ2) is 7.98. The van der Waals surface area contributed by atoms with Crippen molar-refractivity contribution in [2.45, 2.75) is 19.8 Å². The minimum Gasteiger partial charge on any atom is -0.493 e. The Balaban J connectivity index is 2.33. The molecule has 102 valence electrons. The molecule has 1 aromatic rings. The molecule has 0 aliphatic carbocycles. The summed E-state index contributed by atoms with van der Waals surface area (Å²) >= 11 is 0. The summed E-state index contributed by atoms with van der Waals surface area (Å²) in [5.74, 6) is 0.704. The Morgan fingerprint density at radius 1 is 1.42 bits per heavy atom. The number of hydrogen-bond donors (Lipinski definition) is 1. The zero-order valence-electron chi connectivity index (χ0n) is 11.1. The van der Waals surface area contributed by atoms with Crippen LogP contribution in [0.1, 0.15) is 19.8 Å². The molecule has 0 radical (unpaired) electrons. The van der Waals surface area contributed by atoms with E-state index in [-0.39, 0.29) is 5.91 Å². The van der Waals surface area contributed by atoms with Gasteiger partial charge in [-0.3, -0.25) is 4.79 Å². The van der Waals surface area contributed by atoms with Crippen LogP contribution < -0.4 is 10.5 Å². The van der Waals surface area contributed by atoms with Crippen LogP contribution in [0.15, 0.2) is 24.3 Å². The first kappa shape index (κ1) is 14.8. The Morgan fingerprint density at radius 3 is 2.68 bits per heavy atom. The van der Waals surface area contributed by atoms with Gasteiger partial charge in [0, 0.05) is 18.8 Å². The van der Waals surface area contributed by atoms with Gasteiger partial charge in [0.1, 0.15) is 5.75 Å². The van der Waals surface area contributed by atoms with E-state index in [1.165, 1.54) is 0 Å². The molecule has 1 aromatic carbocycles. The van der Waals surface area contributed by atoms with E-state index in [4.69, 9.17) is 15.7 Å². The van der Waals surface area contributed by atoms with E-state index in [9.17, 15) is 4.79 Å². The van der Waals surface area contributed by atoms with Crippen LogP contribution in [-0.4, -0.2) is 30.5 Å². The molecule has 0 fully saturated rings. The fraction of sp³-hybridized carbons (Fsp3) is 0.429. The first-order valence-corrected chi connectivity index (χ1v) is 6.30. The van der Waals surface area contributed by atoms with Crippen molar-refractivity contribution in [2.24, 2.45) is 0 Å². The Morgan fingerprint density at radius 2 is 2.11 bits per heavy atom. The van der Waals surface area contributed by atoms with E-state index in [1.54, 1.807) is 29.2 Å². The molecule has 0 aliphatic rings. The molecule has 19 heavy (non-hydrogen) atoms. The van der Waals surface area contributed by atoms with Gasteiger partial charge >= 0.3 is 0 Å². The summed E-state index contributed by atoms with van der Waals surface area (Å²) < 4.78 is 5.46. The molecule has 1 rings (SSSR count). The second-order valence-corrected chi connectivity index (χ2v) is 4.05. The summed E-state index contributed by atoms with van der Waals surface area (Å²) in [6, 6.07) is 9.08. The van der Waals surface area contributed by atoms with Crippen molar-refractivity contribution in [1.29, 1.82) is 5.26 Å². The number of nitrogens with zero attached hydrogens (tertiary/aromatic N) is 2. The van der Waals surface area contributed by atoms with Gasteiger partial charge in [-0.05, 0) is 31.2 Å². The molecule has 0 heterocycles. The summed E-state index contributed by atoms with van der Waals surface area (Å²) in [4.78, 5) is 13.5. The van der Waals surface area contributed by atoms with Crippen molar-refractivity contribution in [2.75, 3.05) is 25.4 Å². The molecule has 5 nitrogen and oxygen atoms in total. The number of benzene rings is 1. The first-order valence-electron chi connectivity index (χ1n) is 6.30. The SMILES string of the molecule is CCN(CCC#N)C(=O)CCOc1ccc(N)cc1. The van der Waals surface area contributed by atoms with Crippen LogP contribution in [-0.2, 0) is 4.79 Å². The summed E-state index contributed by atoms with van der Waals surface area (Å²) in [7, 11) is 0. The lowest BCUT2D eigenvalue weighted by atomic mass is 10.3. The quantitative estimate of drug-likeness (QED) is 0.759. The van der Waals surface area contributed by atoms with E-state index in [0.29, 0.717) is 44.0 Å². The molecule has 0 spiro atoms. The van der Waals surface area contributed by atoms with Gasteiger partial charge < -0.3 is 15.4 Å². The first-order chi connectivity index (χ1) is 9.17. The summed E-state index contributed by atoms with van der Waals surface area (Å²) in [5, 5.41) is 8.52. The standard InChI is InChI=1S/C14H19N3O2/c1-2-17(10-3-9-15)14(18)8-11-19-13-6-4-12(16)5-7-13/h4-7H,2-3,8,10-11,16H2,1H3. The number of carbonyl (C=O) groups excluding carboxylic acids is 1. The zero-order chi connectivity index (χ0) is 14.1. The maximum atomic E-state index is 11.8. The molecule has 0 aromatic heterocycles. The molecular weight excluding hydrogens is 242 g/mol. The predicted molar refractivity (Wildman–Crippen MR) is 73.5 cm³/mol. The fourth-order valence-corrected chi connectivity index (χ4v) is 1.62. The van der Waals surface area contributed by atoms with Gasteiger partial charge in [-0.25, -0.2) is 0 Å². The highest BCUT2D eigenvalue weighted by Crippen LogP contribution is 2.13. The van der Waals surface area contributed by atoms with Gasteiger partial charge in [-0.15, -0.1) is 0 Å². The van der Waals surface area contributed by atoms with Crippen molar-refractivity contribution < 1.29 is 9.53 Å². The number of ether oxygens (including phenoxy) is 1. The van der Waals surface area contributed by atoms with Gasteiger partial charge in [0.05, 0.1) is 25.5 Å². The molecular formula is C14H19N3O2. The summed E-state index contributed by atoms with van der Waals surface area (Å²) in [6.45, 7) is 3.32. The van der Waals surface area contributed by atoms with E-state index in [0.717, 1.165) is 0 Å². The molecule has 2 N–H and O–H groups in total. The number of anilines is 1. The number of amides is 1. The predicted octanol–water partition coefficient (Wildman–Crippen LogP) is 1.80. The lowest BCUT2D eigenvalue weighted by Crippen LogP contribution is -2.32. The third kappa shape index (κ3) is 5.30. The number of rotatable bonds is 7. The highest BCUT2D eigenvalue weighted by molar-refractivity contribution is 5.76. The van der Waals surface area contributed by atoms with Crippen molar-refractivity contribution in [3.63, 3.8) is 0 Å². The van der Waals surface area contributed by atoms with Crippen LogP contribution in [0.2, 0.25) is 0 Å². The zero-order valence-corrected chi connectivity index (χ0v) is 11.1. The third-order valence-corrected chi connectivity index (χ3v) is 2.69. The highest BCUT2D eigenvalue weighted by atomic mass is 16.5. The molecule has 0 atom stereocenters. The average molecular weight is 261 g/mol. The maximum absolute atomic E-state index is 11.8. The number of nitrogen functional groups attached to an aromatic ring is 1. The van der Waals surface area contributed by atoms with Crippen LogP contribution in [0.25, 0.3) is 0 Å². The highest BCUT2D eigenvalue weighted by Gasteiger charge is 2.10. The van der Waals surface area contributed by atoms with Crippen LogP contribution in [0.5, 0.6) is 5.75 Å². The minimum absolute atomic E-state index is 0.00759. The molecule has 0 saturated carbocycles. The van der Waals surface area contributed by atoms with Crippen LogP contribution >= 0.6 is 0 Å². The molecule has 0 unspecified atom stereocenters. The average Bonchev–Trinajstić information content (AvgIpc) is 2.42. The third-order valence-electron chi connectivity index (χ3n) is 2.69. The minimum atomic E-state index is 0.00759. The van der Waals surface area contributed by atoms with Gasteiger partial charge in [0.15, 0.2) is 0 Å². The monoisotopic (exact) mass is 261 g/mol. The lowest BCUT2D eigenvalue weighted by molar-refractivity contribution is -0.131. The maximum Gasteiger partial charge on any atom is 0.226 e. The largest absolute Gasteiger partial charge is 0.493 e. The van der Waals surface area contributed by atoms with Gasteiger partial charge in [-0.1, -0.05) is 0 Å². The van der Waals surface area contributed by atoms with E-state index in [2.05, 4.69) is 0 Å². The number of nitrogens with two attached hydrogens (primary N) is 1. The fourth-order valence-electron chi connectivity index (χ4n) is 1.62. The van der Waals surface area contributed by atoms with E-state index in [1.807, 2.05) is 13.0 Å². The van der Waals surface area contributed by atoms with Crippen molar-refractivity contribution in [3.8, 4) is 11.8 Å². The van der Waals surface area contributed by atoms with Crippen LogP contribution in [0.3, 0.4) is 0 Å². The smallest absolute Gasteiger partial charge is 0.226 e. The Kier molecular flexibility index (Phi) is 6.23.